The number of ether oxygens (including phenoxy) is 1. The van der Waals surface area contributed by atoms with Gasteiger partial charge in [-0.15, -0.1) is 22.1 Å². The lowest BCUT2D eigenvalue weighted by atomic mass is 9.84. The molecule has 9 heteroatoms. The van der Waals surface area contributed by atoms with Crippen LogP contribution in [-0.2, 0) is 11.3 Å². The van der Waals surface area contributed by atoms with Crippen LogP contribution in [-0.4, -0.2) is 42.9 Å². The maximum Gasteiger partial charge on any atom is 0.307 e. The van der Waals surface area contributed by atoms with Gasteiger partial charge in [-0.05, 0) is 61.2 Å². The van der Waals surface area contributed by atoms with Gasteiger partial charge in [-0.3, -0.25) is 18.7 Å². The van der Waals surface area contributed by atoms with E-state index >= 15 is 0 Å². The SMILES string of the molecule is CCC1CN(Cc2cc([C@@H](c3ccc(C(C)=O)s3)[C@@H](C)C(=O)O)ccc2C)S(O)(O)c2ccccc2O1. The monoisotopic (exact) mass is 543 g/mol. The summed E-state index contributed by atoms with van der Waals surface area (Å²) in [5, 5.41) is 9.88. The molecule has 198 valence electrons. The Bertz CT molecular complexity index is 1300. The van der Waals surface area contributed by atoms with Crippen LogP contribution in [0, 0.1) is 12.8 Å². The summed E-state index contributed by atoms with van der Waals surface area (Å²) in [5.74, 6) is -1.67. The van der Waals surface area contributed by atoms with E-state index in [0.29, 0.717) is 28.5 Å². The van der Waals surface area contributed by atoms with Crippen LogP contribution in [0.2, 0.25) is 0 Å². The molecule has 2 aromatic carbocycles. The highest BCUT2D eigenvalue weighted by Gasteiger charge is 2.35. The summed E-state index contributed by atoms with van der Waals surface area (Å²) in [6.07, 6.45) is 0.489. The van der Waals surface area contributed by atoms with Gasteiger partial charge in [-0.2, -0.15) is 4.31 Å². The number of carbonyl (C=O) groups excluding carboxylic acids is 1. The van der Waals surface area contributed by atoms with Crippen molar-refractivity contribution in [2.24, 2.45) is 5.92 Å². The number of rotatable bonds is 8. The molecule has 1 aliphatic rings. The third-order valence-corrected chi connectivity index (χ3v) is 10.1. The molecule has 3 atom stereocenters. The lowest BCUT2D eigenvalue weighted by Crippen LogP contribution is -2.34. The number of fused-ring (bicyclic) bond motifs is 1. The number of Topliss-reactive ketones (excluding diaryl/α,β-unsaturated/α-hetero) is 1. The van der Waals surface area contributed by atoms with E-state index in [1.807, 2.05) is 44.2 Å². The fraction of sp³-hybridized carbons (Fsp3) is 0.357. The topological polar surface area (TPSA) is 107 Å². The second kappa shape index (κ2) is 11.0. The van der Waals surface area contributed by atoms with Gasteiger partial charge in [0.1, 0.15) is 16.7 Å². The Morgan fingerprint density at radius 2 is 1.89 bits per heavy atom. The van der Waals surface area contributed by atoms with Crippen molar-refractivity contribution in [3.63, 3.8) is 0 Å². The molecule has 1 aliphatic heterocycles. The predicted molar refractivity (Wildman–Crippen MR) is 147 cm³/mol. The second-order valence-corrected chi connectivity index (χ2v) is 12.6. The summed E-state index contributed by atoms with van der Waals surface area (Å²) in [6.45, 7) is 7.72. The van der Waals surface area contributed by atoms with Crippen LogP contribution in [0.3, 0.4) is 0 Å². The Balaban J connectivity index is 1.74. The van der Waals surface area contributed by atoms with Gasteiger partial charge in [0.25, 0.3) is 0 Å². The largest absolute Gasteiger partial charge is 0.487 e. The standard InChI is InChI=1S/C28H33NO6S2/c1-5-22-16-29(37(33,34)26-9-7-6-8-23(26)35-22)15-21-14-20(11-10-17(21)2)27(18(3)28(31)32)25-13-12-24(36-25)19(4)30/h6-14,18,22,27,33-34H,5,15-16H2,1-4H3,(H,31,32)/t18-,22?,27+/m1/s1. The number of hydrogen-bond acceptors (Lipinski definition) is 7. The zero-order chi connectivity index (χ0) is 26.9. The van der Waals surface area contributed by atoms with E-state index in [2.05, 4.69) is 0 Å². The smallest absolute Gasteiger partial charge is 0.307 e. The van der Waals surface area contributed by atoms with Crippen LogP contribution in [0.5, 0.6) is 5.75 Å². The van der Waals surface area contributed by atoms with E-state index < -0.39 is 28.6 Å². The van der Waals surface area contributed by atoms with E-state index in [0.717, 1.165) is 21.6 Å². The molecule has 3 N–H and O–H groups in total. The molecule has 2 heterocycles. The van der Waals surface area contributed by atoms with E-state index in [1.54, 1.807) is 35.5 Å². The summed E-state index contributed by atoms with van der Waals surface area (Å²) in [6, 6.07) is 16.4. The fourth-order valence-corrected chi connectivity index (χ4v) is 7.38. The molecule has 0 saturated heterocycles. The number of para-hydroxylation sites is 1. The molecule has 0 aliphatic carbocycles. The molecule has 0 fully saturated rings. The quantitative estimate of drug-likeness (QED) is 0.268. The number of thiophene rings is 1. The van der Waals surface area contributed by atoms with Crippen molar-refractivity contribution >= 4 is 33.9 Å². The zero-order valence-electron chi connectivity index (χ0n) is 21.4. The van der Waals surface area contributed by atoms with Gasteiger partial charge in [0.05, 0.1) is 17.3 Å². The van der Waals surface area contributed by atoms with Crippen molar-refractivity contribution in [3.05, 3.63) is 81.0 Å². The maximum atomic E-state index is 12.1. The first-order chi connectivity index (χ1) is 17.5. The van der Waals surface area contributed by atoms with Crippen molar-refractivity contribution in [2.45, 2.75) is 57.6 Å². The molecule has 0 bridgehead atoms. The molecule has 0 spiro atoms. The number of nitrogens with zero attached hydrogens (tertiary/aromatic N) is 1. The van der Waals surface area contributed by atoms with Crippen molar-refractivity contribution < 1.29 is 28.5 Å². The number of carboxylic acid groups (broad SMARTS) is 1. The van der Waals surface area contributed by atoms with Crippen LogP contribution in [0.1, 0.15) is 64.3 Å². The highest BCUT2D eigenvalue weighted by Crippen LogP contribution is 2.57. The van der Waals surface area contributed by atoms with E-state index in [-0.39, 0.29) is 18.4 Å². The Hall–Kier alpha value is -2.69. The van der Waals surface area contributed by atoms with Gasteiger partial charge in [-0.25, -0.2) is 0 Å². The molecule has 37 heavy (non-hydrogen) atoms. The second-order valence-electron chi connectivity index (χ2n) is 9.48. The lowest BCUT2D eigenvalue weighted by molar-refractivity contribution is -0.141. The van der Waals surface area contributed by atoms with Gasteiger partial charge < -0.3 is 9.84 Å². The number of ketones is 1. The number of carbonyl (C=O) groups is 2. The molecule has 0 amide bonds. The van der Waals surface area contributed by atoms with Gasteiger partial charge in [-0.1, -0.05) is 44.2 Å². The average Bonchev–Trinajstić information content (AvgIpc) is 3.31. The third-order valence-electron chi connectivity index (χ3n) is 6.91. The minimum atomic E-state index is -3.32. The summed E-state index contributed by atoms with van der Waals surface area (Å²) in [4.78, 5) is 25.7. The molecule has 3 aromatic rings. The van der Waals surface area contributed by atoms with E-state index in [1.165, 1.54) is 18.3 Å². The first-order valence-electron chi connectivity index (χ1n) is 12.2. The number of carboxylic acids is 1. The highest BCUT2D eigenvalue weighted by molar-refractivity contribution is 8.22. The first-order valence-corrected chi connectivity index (χ1v) is 14.6. The minimum absolute atomic E-state index is 0.0538. The lowest BCUT2D eigenvalue weighted by Gasteiger charge is -2.42. The Morgan fingerprint density at radius 1 is 1.16 bits per heavy atom. The van der Waals surface area contributed by atoms with E-state index in [4.69, 9.17) is 4.74 Å². The van der Waals surface area contributed by atoms with Gasteiger partial charge >= 0.3 is 5.97 Å². The third kappa shape index (κ3) is 5.61. The van der Waals surface area contributed by atoms with Crippen molar-refractivity contribution in [2.75, 3.05) is 6.54 Å². The molecular formula is C28H33NO6S2. The predicted octanol–water partition coefficient (Wildman–Crippen LogP) is 6.81. The van der Waals surface area contributed by atoms with Crippen molar-refractivity contribution in [1.82, 2.24) is 4.31 Å². The van der Waals surface area contributed by atoms with Crippen LogP contribution < -0.4 is 4.74 Å². The molecule has 1 aromatic heterocycles. The molecule has 0 radical (unpaired) electrons. The maximum absolute atomic E-state index is 12.1. The average molecular weight is 544 g/mol. The summed E-state index contributed by atoms with van der Waals surface area (Å²) >= 11 is 1.32. The summed E-state index contributed by atoms with van der Waals surface area (Å²) in [7, 11) is -3.32. The Labute approximate surface area is 223 Å². The van der Waals surface area contributed by atoms with Crippen LogP contribution in [0.4, 0.5) is 0 Å². The number of benzene rings is 2. The molecule has 1 unspecified atom stereocenters. The van der Waals surface area contributed by atoms with Crippen LogP contribution >= 0.6 is 22.1 Å². The highest BCUT2D eigenvalue weighted by atomic mass is 32.3. The number of hydrogen-bond donors (Lipinski definition) is 3. The zero-order valence-corrected chi connectivity index (χ0v) is 23.0. The molecule has 4 rings (SSSR count). The van der Waals surface area contributed by atoms with Crippen LogP contribution in [0.25, 0.3) is 0 Å². The Morgan fingerprint density at radius 3 is 2.54 bits per heavy atom. The van der Waals surface area contributed by atoms with Gasteiger partial charge in [0, 0.05) is 17.3 Å². The van der Waals surface area contributed by atoms with Gasteiger partial charge in [0.2, 0.25) is 0 Å². The number of aryl methyl sites for hydroxylation is 1. The fourth-order valence-electron chi connectivity index (χ4n) is 4.62. The molecular weight excluding hydrogens is 510 g/mol. The normalized spacial score (nSPS) is 19.7. The first kappa shape index (κ1) is 27.3. The summed E-state index contributed by atoms with van der Waals surface area (Å²) < 4.78 is 30.5. The summed E-state index contributed by atoms with van der Waals surface area (Å²) in [5.41, 5.74) is 2.64. The molecule has 0 saturated carbocycles. The minimum Gasteiger partial charge on any atom is -0.487 e. The van der Waals surface area contributed by atoms with Crippen LogP contribution in [0.15, 0.2) is 59.5 Å². The van der Waals surface area contributed by atoms with Crippen molar-refractivity contribution in [3.8, 4) is 5.75 Å². The van der Waals surface area contributed by atoms with Gasteiger partial charge in [0.15, 0.2) is 5.78 Å². The molecule has 7 nitrogen and oxygen atoms in total. The van der Waals surface area contributed by atoms with E-state index in [9.17, 15) is 23.8 Å². The number of aliphatic carboxylic acids is 1. The Kier molecular flexibility index (Phi) is 8.11. The van der Waals surface area contributed by atoms with Crippen molar-refractivity contribution in [1.29, 1.82) is 0 Å².